The molecule has 0 bridgehead atoms. The van der Waals surface area contributed by atoms with Crippen molar-refractivity contribution in [2.24, 2.45) is 0 Å². The molecule has 0 spiro atoms. The van der Waals surface area contributed by atoms with Crippen molar-refractivity contribution < 1.29 is 0 Å². The molecule has 0 heterocycles. The number of halogens is 2. The number of hydrogen-bond acceptors (Lipinski definition) is 2. The first-order chi connectivity index (χ1) is 8.60. The zero-order valence-electron chi connectivity index (χ0n) is 9.67. The van der Waals surface area contributed by atoms with Crippen LogP contribution in [0.15, 0.2) is 40.9 Å². The Morgan fingerprint density at radius 3 is 2.61 bits per heavy atom. The summed E-state index contributed by atoms with van der Waals surface area (Å²) in [6.07, 6.45) is 0. The molecule has 0 saturated heterocycles. The standard InChI is InChI=1S/C14H10BrClN2/c1-9-6-11(3-4-12(9)15)18-14-5-2-10(8-17)7-13(14)16/h2-7,18H,1H3. The molecule has 0 aliphatic rings. The van der Waals surface area contributed by atoms with Crippen molar-refractivity contribution in [3.8, 4) is 6.07 Å². The molecule has 2 nitrogen and oxygen atoms in total. The Hall–Kier alpha value is -1.50. The van der Waals surface area contributed by atoms with Crippen molar-refractivity contribution in [3.05, 3.63) is 57.0 Å². The number of benzene rings is 2. The molecular formula is C14H10BrClN2. The van der Waals surface area contributed by atoms with Crippen LogP contribution < -0.4 is 5.32 Å². The Bertz CT molecular complexity index is 632. The van der Waals surface area contributed by atoms with Gasteiger partial charge in [-0.15, -0.1) is 0 Å². The molecule has 2 aromatic rings. The number of nitrogens with one attached hydrogen (secondary N) is 1. The first kappa shape index (κ1) is 12.9. The summed E-state index contributed by atoms with van der Waals surface area (Å²) in [4.78, 5) is 0. The van der Waals surface area contributed by atoms with Gasteiger partial charge in [0, 0.05) is 10.2 Å². The molecule has 0 aromatic heterocycles. The van der Waals surface area contributed by atoms with Crippen molar-refractivity contribution >= 4 is 38.9 Å². The van der Waals surface area contributed by atoms with E-state index >= 15 is 0 Å². The van der Waals surface area contributed by atoms with E-state index in [0.717, 1.165) is 21.4 Å². The molecule has 90 valence electrons. The second-order valence-corrected chi connectivity index (χ2v) is 5.16. The summed E-state index contributed by atoms with van der Waals surface area (Å²) >= 11 is 9.56. The maximum Gasteiger partial charge on any atom is 0.0992 e. The molecule has 0 aliphatic heterocycles. The molecule has 0 unspecified atom stereocenters. The van der Waals surface area contributed by atoms with Gasteiger partial charge in [0.25, 0.3) is 0 Å². The van der Waals surface area contributed by atoms with Gasteiger partial charge in [-0.3, -0.25) is 0 Å². The molecule has 2 aromatic carbocycles. The van der Waals surface area contributed by atoms with Crippen molar-refractivity contribution in [1.29, 1.82) is 5.26 Å². The second-order valence-electron chi connectivity index (χ2n) is 3.90. The highest BCUT2D eigenvalue weighted by atomic mass is 79.9. The van der Waals surface area contributed by atoms with Crippen molar-refractivity contribution in [2.75, 3.05) is 5.32 Å². The second kappa shape index (κ2) is 5.43. The van der Waals surface area contributed by atoms with E-state index in [2.05, 4.69) is 27.3 Å². The van der Waals surface area contributed by atoms with E-state index in [0.29, 0.717) is 10.6 Å². The molecule has 1 N–H and O–H groups in total. The van der Waals surface area contributed by atoms with Gasteiger partial charge in [-0.2, -0.15) is 5.26 Å². The lowest BCUT2D eigenvalue weighted by Crippen LogP contribution is -1.92. The average Bonchev–Trinajstić information content (AvgIpc) is 2.36. The molecule has 4 heteroatoms. The highest BCUT2D eigenvalue weighted by molar-refractivity contribution is 9.10. The van der Waals surface area contributed by atoms with Crippen LogP contribution in [0.25, 0.3) is 0 Å². The fraction of sp³-hybridized carbons (Fsp3) is 0.0714. The fourth-order valence-electron chi connectivity index (χ4n) is 1.56. The van der Waals surface area contributed by atoms with Gasteiger partial charge >= 0.3 is 0 Å². The molecule has 0 fully saturated rings. The molecule has 0 aliphatic carbocycles. The predicted molar refractivity (Wildman–Crippen MR) is 78.3 cm³/mol. The van der Waals surface area contributed by atoms with Crippen LogP contribution in [-0.2, 0) is 0 Å². The molecule has 0 saturated carbocycles. The summed E-state index contributed by atoms with van der Waals surface area (Å²) in [7, 11) is 0. The minimum absolute atomic E-state index is 0.537. The van der Waals surface area contributed by atoms with Crippen LogP contribution >= 0.6 is 27.5 Å². The summed E-state index contributed by atoms with van der Waals surface area (Å²) < 4.78 is 1.07. The van der Waals surface area contributed by atoms with Gasteiger partial charge in [-0.05, 0) is 48.9 Å². The summed E-state index contributed by atoms with van der Waals surface area (Å²) in [5, 5.41) is 12.5. The molecule has 0 radical (unpaired) electrons. The maximum atomic E-state index is 8.78. The van der Waals surface area contributed by atoms with Crippen LogP contribution in [-0.4, -0.2) is 0 Å². The third-order valence-electron chi connectivity index (χ3n) is 2.54. The first-order valence-electron chi connectivity index (χ1n) is 5.33. The number of rotatable bonds is 2. The van der Waals surface area contributed by atoms with Crippen LogP contribution in [0.5, 0.6) is 0 Å². The van der Waals surface area contributed by atoms with Gasteiger partial charge in [-0.1, -0.05) is 27.5 Å². The number of aryl methyl sites for hydroxylation is 1. The van der Waals surface area contributed by atoms with E-state index in [4.69, 9.17) is 16.9 Å². The van der Waals surface area contributed by atoms with Gasteiger partial charge in [-0.25, -0.2) is 0 Å². The van der Waals surface area contributed by atoms with E-state index in [-0.39, 0.29) is 0 Å². The van der Waals surface area contributed by atoms with Crippen molar-refractivity contribution in [3.63, 3.8) is 0 Å². The quantitative estimate of drug-likeness (QED) is 0.842. The highest BCUT2D eigenvalue weighted by Crippen LogP contribution is 2.28. The van der Waals surface area contributed by atoms with Gasteiger partial charge in [0.05, 0.1) is 22.3 Å². The zero-order valence-corrected chi connectivity index (χ0v) is 12.0. The van der Waals surface area contributed by atoms with Gasteiger partial charge in [0.2, 0.25) is 0 Å². The normalized spacial score (nSPS) is 9.89. The molecular weight excluding hydrogens is 312 g/mol. The summed E-state index contributed by atoms with van der Waals surface area (Å²) in [5.74, 6) is 0. The Balaban J connectivity index is 2.29. The minimum atomic E-state index is 0.537. The lowest BCUT2D eigenvalue weighted by atomic mass is 10.2. The van der Waals surface area contributed by atoms with Gasteiger partial charge in [0.15, 0.2) is 0 Å². The first-order valence-corrected chi connectivity index (χ1v) is 6.50. The Labute approximate surface area is 119 Å². The van der Waals surface area contributed by atoms with Crippen LogP contribution in [0.2, 0.25) is 5.02 Å². The Kier molecular flexibility index (Phi) is 3.90. The van der Waals surface area contributed by atoms with Gasteiger partial charge < -0.3 is 5.32 Å². The SMILES string of the molecule is Cc1cc(Nc2ccc(C#N)cc2Cl)ccc1Br. The summed E-state index contributed by atoms with van der Waals surface area (Å²) in [6, 6.07) is 13.2. The zero-order chi connectivity index (χ0) is 13.1. The van der Waals surface area contributed by atoms with Crippen LogP contribution in [0.3, 0.4) is 0 Å². The Morgan fingerprint density at radius 2 is 2.00 bits per heavy atom. The summed E-state index contributed by atoms with van der Waals surface area (Å²) in [5.41, 5.74) is 3.45. The lowest BCUT2D eigenvalue weighted by Gasteiger charge is -2.10. The fourth-order valence-corrected chi connectivity index (χ4v) is 2.04. The number of nitrogens with zero attached hydrogens (tertiary/aromatic N) is 1. The third-order valence-corrected chi connectivity index (χ3v) is 3.74. The molecule has 0 amide bonds. The maximum absolute atomic E-state index is 8.78. The van der Waals surface area contributed by atoms with E-state index in [9.17, 15) is 0 Å². The van der Waals surface area contributed by atoms with Crippen molar-refractivity contribution in [1.82, 2.24) is 0 Å². The highest BCUT2D eigenvalue weighted by Gasteiger charge is 2.03. The van der Waals surface area contributed by atoms with E-state index in [1.165, 1.54) is 0 Å². The molecule has 0 atom stereocenters. The third kappa shape index (κ3) is 2.84. The summed E-state index contributed by atoms with van der Waals surface area (Å²) in [6.45, 7) is 2.02. The number of nitriles is 1. The largest absolute Gasteiger partial charge is 0.354 e. The van der Waals surface area contributed by atoms with Crippen molar-refractivity contribution in [2.45, 2.75) is 6.92 Å². The number of anilines is 2. The monoisotopic (exact) mass is 320 g/mol. The molecule has 18 heavy (non-hydrogen) atoms. The van der Waals surface area contributed by atoms with Crippen LogP contribution in [0.4, 0.5) is 11.4 Å². The lowest BCUT2D eigenvalue weighted by molar-refractivity contribution is 1.41. The van der Waals surface area contributed by atoms with E-state index in [1.807, 2.05) is 25.1 Å². The van der Waals surface area contributed by atoms with Gasteiger partial charge in [0.1, 0.15) is 0 Å². The van der Waals surface area contributed by atoms with E-state index < -0.39 is 0 Å². The number of hydrogen-bond donors (Lipinski definition) is 1. The minimum Gasteiger partial charge on any atom is -0.354 e. The average molecular weight is 322 g/mol. The topological polar surface area (TPSA) is 35.8 Å². The smallest absolute Gasteiger partial charge is 0.0992 e. The van der Waals surface area contributed by atoms with Crippen LogP contribution in [0, 0.1) is 18.3 Å². The molecule has 2 rings (SSSR count). The Morgan fingerprint density at radius 1 is 1.22 bits per heavy atom. The predicted octanol–water partition coefficient (Wildman–Crippen LogP) is 5.03. The van der Waals surface area contributed by atoms with Crippen LogP contribution in [0.1, 0.15) is 11.1 Å². The van der Waals surface area contributed by atoms with E-state index in [1.54, 1.807) is 18.2 Å².